The number of hydrogen-bond acceptors (Lipinski definition) is 1. The molecule has 3 heteroatoms. The number of benzene rings is 2. The van der Waals surface area contributed by atoms with Gasteiger partial charge in [0.15, 0.2) is 0 Å². The molecule has 20 heavy (non-hydrogen) atoms. The van der Waals surface area contributed by atoms with E-state index in [0.29, 0.717) is 12.5 Å². The van der Waals surface area contributed by atoms with Crippen LogP contribution in [0.15, 0.2) is 48.5 Å². The Hall–Kier alpha value is -1.09. The SMILES string of the molecule is Cc1ccccc1[Si](C)(OCCCl)c1ccccc1C. The molecule has 0 atom stereocenters. The highest BCUT2D eigenvalue weighted by molar-refractivity contribution is 6.97. The van der Waals surface area contributed by atoms with Crippen LogP contribution in [0, 0.1) is 13.8 Å². The Morgan fingerprint density at radius 1 is 0.900 bits per heavy atom. The predicted octanol–water partition coefficient (Wildman–Crippen LogP) is 3.25. The van der Waals surface area contributed by atoms with Gasteiger partial charge in [-0.1, -0.05) is 48.5 Å². The summed E-state index contributed by atoms with van der Waals surface area (Å²) in [5, 5.41) is 2.67. The van der Waals surface area contributed by atoms with Crippen LogP contribution in [0.1, 0.15) is 11.1 Å². The molecule has 2 rings (SSSR count). The summed E-state index contributed by atoms with van der Waals surface area (Å²) in [4.78, 5) is 0. The van der Waals surface area contributed by atoms with Crippen LogP contribution in [-0.4, -0.2) is 20.8 Å². The molecule has 0 N–H and O–H groups in total. The lowest BCUT2D eigenvalue weighted by Gasteiger charge is -2.31. The lowest BCUT2D eigenvalue weighted by molar-refractivity contribution is 0.346. The quantitative estimate of drug-likeness (QED) is 0.609. The molecular formula is C17H21ClOSi. The summed E-state index contributed by atoms with van der Waals surface area (Å²) in [6.45, 7) is 7.17. The van der Waals surface area contributed by atoms with Gasteiger partial charge in [0.05, 0.1) is 0 Å². The van der Waals surface area contributed by atoms with E-state index in [1.807, 2.05) is 0 Å². The van der Waals surface area contributed by atoms with Gasteiger partial charge < -0.3 is 4.43 Å². The summed E-state index contributed by atoms with van der Waals surface area (Å²) >= 11 is 5.86. The first kappa shape index (κ1) is 15.3. The number of hydrogen-bond donors (Lipinski definition) is 0. The van der Waals surface area contributed by atoms with Gasteiger partial charge in [-0.15, -0.1) is 11.6 Å². The normalized spacial score (nSPS) is 11.6. The Morgan fingerprint density at radius 3 is 1.75 bits per heavy atom. The van der Waals surface area contributed by atoms with Crippen molar-refractivity contribution in [1.29, 1.82) is 0 Å². The van der Waals surface area contributed by atoms with Crippen molar-refractivity contribution >= 4 is 30.3 Å². The summed E-state index contributed by atoms with van der Waals surface area (Å²) in [6.07, 6.45) is 0. The molecule has 0 unspecified atom stereocenters. The van der Waals surface area contributed by atoms with E-state index in [2.05, 4.69) is 68.9 Å². The van der Waals surface area contributed by atoms with Crippen molar-refractivity contribution in [2.45, 2.75) is 20.4 Å². The summed E-state index contributed by atoms with van der Waals surface area (Å²) in [7, 11) is -2.20. The van der Waals surface area contributed by atoms with E-state index in [0.717, 1.165) is 0 Å². The number of aryl methyl sites for hydroxylation is 2. The molecule has 0 aliphatic heterocycles. The van der Waals surface area contributed by atoms with Crippen molar-refractivity contribution in [3.05, 3.63) is 59.7 Å². The topological polar surface area (TPSA) is 9.23 Å². The van der Waals surface area contributed by atoms with E-state index in [9.17, 15) is 0 Å². The third-order valence-electron chi connectivity index (χ3n) is 3.79. The lowest BCUT2D eigenvalue weighted by atomic mass is 10.2. The molecule has 0 amide bonds. The third kappa shape index (κ3) is 2.98. The largest absolute Gasteiger partial charge is 0.407 e. The van der Waals surface area contributed by atoms with Crippen molar-refractivity contribution < 1.29 is 4.43 Å². The standard InChI is InChI=1S/C17H21ClOSi/c1-14-8-4-6-10-16(14)20(3,19-13-12-18)17-11-7-5-9-15(17)2/h4-11H,12-13H2,1-3H3. The van der Waals surface area contributed by atoms with Crippen molar-refractivity contribution in [3.63, 3.8) is 0 Å². The van der Waals surface area contributed by atoms with Crippen molar-refractivity contribution in [2.24, 2.45) is 0 Å². The van der Waals surface area contributed by atoms with Gasteiger partial charge in [0, 0.05) is 12.5 Å². The molecule has 0 heterocycles. The predicted molar refractivity (Wildman–Crippen MR) is 89.9 cm³/mol. The molecule has 2 aromatic carbocycles. The van der Waals surface area contributed by atoms with Gasteiger partial charge in [-0.3, -0.25) is 0 Å². The summed E-state index contributed by atoms with van der Waals surface area (Å²) < 4.78 is 6.32. The Labute approximate surface area is 127 Å². The van der Waals surface area contributed by atoms with Crippen LogP contribution in [0.25, 0.3) is 0 Å². The zero-order chi connectivity index (χ0) is 14.6. The smallest absolute Gasteiger partial charge is 0.253 e. The Balaban J connectivity index is 2.57. The molecule has 0 aromatic heterocycles. The maximum atomic E-state index is 6.32. The van der Waals surface area contributed by atoms with Gasteiger partial charge in [-0.05, 0) is 41.9 Å². The third-order valence-corrected chi connectivity index (χ3v) is 7.90. The summed E-state index contributed by atoms with van der Waals surface area (Å²) in [5.74, 6) is 0.528. The zero-order valence-corrected chi connectivity index (χ0v) is 14.1. The van der Waals surface area contributed by atoms with Crippen LogP contribution in [-0.2, 0) is 4.43 Å². The summed E-state index contributed by atoms with van der Waals surface area (Å²) in [6, 6.07) is 17.0. The first-order chi connectivity index (χ1) is 9.59. The van der Waals surface area contributed by atoms with Crippen molar-refractivity contribution in [2.75, 3.05) is 12.5 Å². The van der Waals surface area contributed by atoms with E-state index >= 15 is 0 Å². The average Bonchev–Trinajstić information content (AvgIpc) is 2.46. The molecule has 0 fully saturated rings. The fourth-order valence-corrected chi connectivity index (χ4v) is 6.58. The average molecular weight is 305 g/mol. The maximum Gasteiger partial charge on any atom is 0.253 e. The van der Waals surface area contributed by atoms with Crippen LogP contribution >= 0.6 is 11.6 Å². The van der Waals surface area contributed by atoms with E-state index in [-0.39, 0.29) is 0 Å². The fraction of sp³-hybridized carbons (Fsp3) is 0.294. The molecule has 106 valence electrons. The maximum absolute atomic E-state index is 6.32. The van der Waals surface area contributed by atoms with Gasteiger partial charge in [-0.25, -0.2) is 0 Å². The molecule has 0 bridgehead atoms. The van der Waals surface area contributed by atoms with Gasteiger partial charge in [0.2, 0.25) is 0 Å². The van der Waals surface area contributed by atoms with Crippen LogP contribution in [0.5, 0.6) is 0 Å². The minimum atomic E-state index is -2.20. The molecule has 0 aliphatic rings. The van der Waals surface area contributed by atoms with Gasteiger partial charge in [-0.2, -0.15) is 0 Å². The molecule has 0 saturated heterocycles. The van der Waals surface area contributed by atoms with Crippen molar-refractivity contribution in [3.8, 4) is 0 Å². The second-order valence-corrected chi connectivity index (χ2v) is 9.01. The van der Waals surface area contributed by atoms with Gasteiger partial charge >= 0.3 is 0 Å². The van der Waals surface area contributed by atoms with E-state index in [1.54, 1.807) is 0 Å². The first-order valence-corrected chi connectivity index (χ1v) is 9.86. The molecular weight excluding hydrogens is 284 g/mol. The second kappa shape index (κ2) is 6.57. The van der Waals surface area contributed by atoms with Crippen LogP contribution in [0.3, 0.4) is 0 Å². The fourth-order valence-electron chi connectivity index (χ4n) is 2.76. The molecule has 0 aliphatic carbocycles. The van der Waals surface area contributed by atoms with Gasteiger partial charge in [0.25, 0.3) is 8.32 Å². The van der Waals surface area contributed by atoms with Crippen LogP contribution in [0.2, 0.25) is 6.55 Å². The molecule has 0 saturated carbocycles. The molecule has 2 aromatic rings. The highest BCUT2D eigenvalue weighted by Crippen LogP contribution is 2.12. The zero-order valence-electron chi connectivity index (χ0n) is 12.3. The lowest BCUT2D eigenvalue weighted by Crippen LogP contribution is -2.60. The highest BCUT2D eigenvalue weighted by atomic mass is 35.5. The van der Waals surface area contributed by atoms with E-state index in [4.69, 9.17) is 16.0 Å². The van der Waals surface area contributed by atoms with Crippen LogP contribution in [0.4, 0.5) is 0 Å². The van der Waals surface area contributed by atoms with Crippen LogP contribution < -0.4 is 10.4 Å². The monoisotopic (exact) mass is 304 g/mol. The first-order valence-electron chi connectivity index (χ1n) is 6.91. The molecule has 0 spiro atoms. The number of alkyl halides is 1. The number of halogens is 1. The van der Waals surface area contributed by atoms with Crippen molar-refractivity contribution in [1.82, 2.24) is 0 Å². The highest BCUT2D eigenvalue weighted by Gasteiger charge is 2.36. The molecule has 0 radical (unpaired) electrons. The summed E-state index contributed by atoms with van der Waals surface area (Å²) in [5.41, 5.74) is 2.58. The Morgan fingerprint density at radius 2 is 1.35 bits per heavy atom. The van der Waals surface area contributed by atoms with Gasteiger partial charge in [0.1, 0.15) is 0 Å². The van der Waals surface area contributed by atoms with E-state index in [1.165, 1.54) is 21.5 Å². The second-order valence-electron chi connectivity index (χ2n) is 5.20. The Bertz CT molecular complexity index is 537. The minimum absolute atomic E-state index is 0.528. The van der Waals surface area contributed by atoms with E-state index < -0.39 is 8.32 Å². The minimum Gasteiger partial charge on any atom is -0.407 e. The number of rotatable bonds is 5. The molecule has 1 nitrogen and oxygen atoms in total. The Kier molecular flexibility index (Phi) is 5.03.